The van der Waals surface area contributed by atoms with Crippen molar-refractivity contribution in [3.63, 3.8) is 0 Å². The lowest BCUT2D eigenvalue weighted by atomic mass is 9.94. The molecule has 3 heteroatoms. The summed E-state index contributed by atoms with van der Waals surface area (Å²) in [5.41, 5.74) is 3.69. The van der Waals surface area contributed by atoms with Crippen LogP contribution in [0, 0.1) is 5.82 Å². The van der Waals surface area contributed by atoms with Crippen LogP contribution in [-0.4, -0.2) is 10.8 Å². The molecular weight excluding hydrogens is 349 g/mol. The highest BCUT2D eigenvalue weighted by molar-refractivity contribution is 6.26. The average Bonchev–Trinajstić information content (AvgIpc) is 2.75. The summed E-state index contributed by atoms with van der Waals surface area (Å²) in [6, 6.07) is 25.8. The topological polar surface area (TPSA) is 30.0 Å². The molecule has 0 radical (unpaired) electrons. The van der Waals surface area contributed by atoms with E-state index in [0.29, 0.717) is 16.5 Å². The highest BCUT2D eigenvalue weighted by atomic mass is 19.1. The first-order valence-corrected chi connectivity index (χ1v) is 9.10. The van der Waals surface area contributed by atoms with Gasteiger partial charge in [-0.1, -0.05) is 66.7 Å². The van der Waals surface area contributed by atoms with E-state index in [0.717, 1.165) is 16.7 Å². The number of benzene rings is 3. The second-order valence-corrected chi connectivity index (χ2v) is 6.54. The van der Waals surface area contributed by atoms with E-state index >= 15 is 0 Å². The fourth-order valence-electron chi connectivity index (χ4n) is 3.27. The Morgan fingerprint density at radius 1 is 0.857 bits per heavy atom. The summed E-state index contributed by atoms with van der Waals surface area (Å²) in [5, 5.41) is 0.432. The number of halogens is 1. The molecule has 0 unspecified atom stereocenters. The largest absolute Gasteiger partial charge is 0.294 e. The number of nitrogens with zero attached hydrogens (tertiary/aromatic N) is 1. The minimum absolute atomic E-state index is 0.0337. The molecule has 3 aromatic carbocycles. The summed E-state index contributed by atoms with van der Waals surface area (Å²) < 4.78 is 14.1. The molecule has 1 aromatic heterocycles. The Bertz CT molecular complexity index is 1150. The summed E-state index contributed by atoms with van der Waals surface area (Å²) in [7, 11) is 0. The lowest BCUT2D eigenvalue weighted by Gasteiger charge is -2.10. The molecule has 0 amide bonds. The van der Waals surface area contributed by atoms with Crippen LogP contribution in [-0.2, 0) is 11.2 Å². The van der Waals surface area contributed by atoms with Crippen LogP contribution in [0.15, 0.2) is 91.1 Å². The molecule has 0 fully saturated rings. The quantitative estimate of drug-likeness (QED) is 0.333. The first-order chi connectivity index (χ1) is 13.7. The van der Waals surface area contributed by atoms with Crippen molar-refractivity contribution >= 4 is 28.3 Å². The van der Waals surface area contributed by atoms with Crippen LogP contribution >= 0.6 is 0 Å². The molecule has 0 aliphatic carbocycles. The van der Waals surface area contributed by atoms with Gasteiger partial charge in [-0.25, -0.2) is 4.39 Å². The molecule has 4 aromatic rings. The maximum atomic E-state index is 14.1. The molecule has 0 saturated carbocycles. The predicted molar refractivity (Wildman–Crippen MR) is 111 cm³/mol. The van der Waals surface area contributed by atoms with Gasteiger partial charge in [-0.3, -0.25) is 9.78 Å². The van der Waals surface area contributed by atoms with Gasteiger partial charge in [0.25, 0.3) is 0 Å². The molecule has 4 rings (SSSR count). The highest BCUT2D eigenvalue weighted by Gasteiger charge is 2.16. The van der Waals surface area contributed by atoms with Crippen molar-refractivity contribution in [2.24, 2.45) is 0 Å². The lowest BCUT2D eigenvalue weighted by Crippen LogP contribution is -2.07. The summed E-state index contributed by atoms with van der Waals surface area (Å²) in [6.45, 7) is 0. The number of hydrogen-bond donors (Lipinski definition) is 0. The van der Waals surface area contributed by atoms with Gasteiger partial charge < -0.3 is 0 Å². The molecule has 2 nitrogen and oxygen atoms in total. The number of carbonyl (C=O) groups is 1. The van der Waals surface area contributed by atoms with Gasteiger partial charge >= 0.3 is 0 Å². The van der Waals surface area contributed by atoms with Crippen molar-refractivity contribution in [2.75, 3.05) is 0 Å². The van der Waals surface area contributed by atoms with Gasteiger partial charge in [0, 0.05) is 23.6 Å². The zero-order valence-corrected chi connectivity index (χ0v) is 15.2. The van der Waals surface area contributed by atoms with Crippen molar-refractivity contribution in [3.05, 3.63) is 114 Å². The third kappa shape index (κ3) is 3.74. The van der Waals surface area contributed by atoms with Crippen LogP contribution in [0.3, 0.4) is 0 Å². The minimum Gasteiger partial charge on any atom is -0.294 e. The number of ketones is 1. The van der Waals surface area contributed by atoms with Crippen LogP contribution in [0.4, 0.5) is 4.39 Å². The van der Waals surface area contributed by atoms with E-state index in [1.807, 2.05) is 66.7 Å². The third-order valence-electron chi connectivity index (χ3n) is 4.65. The molecule has 0 aliphatic heterocycles. The van der Waals surface area contributed by atoms with E-state index < -0.39 is 0 Å². The Balaban J connectivity index is 1.75. The van der Waals surface area contributed by atoms with Crippen molar-refractivity contribution in [3.8, 4) is 0 Å². The summed E-state index contributed by atoms with van der Waals surface area (Å²) in [4.78, 5) is 17.6. The van der Waals surface area contributed by atoms with E-state index in [4.69, 9.17) is 0 Å². The maximum Gasteiger partial charge on any atom is 0.167 e. The van der Waals surface area contributed by atoms with Crippen LogP contribution in [0.25, 0.3) is 22.6 Å². The van der Waals surface area contributed by atoms with Gasteiger partial charge in [0.15, 0.2) is 5.78 Å². The Kier molecular flexibility index (Phi) is 5.07. The fourth-order valence-corrected chi connectivity index (χ4v) is 3.27. The van der Waals surface area contributed by atoms with Gasteiger partial charge in [0.05, 0.1) is 5.52 Å². The molecule has 0 saturated heterocycles. The van der Waals surface area contributed by atoms with Crippen molar-refractivity contribution in [1.82, 2.24) is 4.98 Å². The van der Waals surface area contributed by atoms with Crippen LogP contribution < -0.4 is 0 Å². The standard InChI is InChI=1S/C25H18FNO/c26-23-14-13-20(25-21(23)12-7-15-27-25)17-24(28)22(19-10-5-2-6-11-19)16-18-8-3-1-4-9-18/h1-16H,17H2/b22-16+. The number of aromatic nitrogens is 1. The second-order valence-electron chi connectivity index (χ2n) is 6.54. The second kappa shape index (κ2) is 7.97. The van der Waals surface area contributed by atoms with Gasteiger partial charge in [-0.15, -0.1) is 0 Å². The number of allylic oxidation sites excluding steroid dienone is 1. The first-order valence-electron chi connectivity index (χ1n) is 9.10. The Morgan fingerprint density at radius 3 is 2.32 bits per heavy atom. The van der Waals surface area contributed by atoms with Crippen LogP contribution in [0.1, 0.15) is 16.7 Å². The molecule has 0 spiro atoms. The van der Waals surface area contributed by atoms with Crippen molar-refractivity contribution < 1.29 is 9.18 Å². The molecule has 0 bridgehead atoms. The molecule has 0 aliphatic rings. The van der Waals surface area contributed by atoms with Gasteiger partial charge in [-0.05, 0) is 41.0 Å². The number of rotatable bonds is 5. The minimum atomic E-state index is -0.331. The summed E-state index contributed by atoms with van der Waals surface area (Å²) >= 11 is 0. The van der Waals surface area contributed by atoms with E-state index in [1.54, 1.807) is 24.4 Å². The van der Waals surface area contributed by atoms with Crippen molar-refractivity contribution in [1.29, 1.82) is 0 Å². The molecule has 1 heterocycles. The predicted octanol–water partition coefficient (Wildman–Crippen LogP) is 5.73. The Hall–Kier alpha value is -3.59. The van der Waals surface area contributed by atoms with Gasteiger partial charge in [-0.2, -0.15) is 0 Å². The maximum absolute atomic E-state index is 14.1. The summed E-state index contributed by atoms with van der Waals surface area (Å²) in [5.74, 6) is -0.365. The monoisotopic (exact) mass is 367 g/mol. The normalized spacial score (nSPS) is 11.5. The Labute approximate surface area is 163 Å². The number of carbonyl (C=O) groups excluding carboxylic acids is 1. The zero-order valence-electron chi connectivity index (χ0n) is 15.2. The SMILES string of the molecule is O=C(Cc1ccc(F)c2cccnc12)/C(=C/c1ccccc1)c1ccccc1. The third-order valence-corrected chi connectivity index (χ3v) is 4.65. The molecule has 28 heavy (non-hydrogen) atoms. The zero-order chi connectivity index (χ0) is 19.3. The Morgan fingerprint density at radius 2 is 1.57 bits per heavy atom. The molecule has 0 atom stereocenters. The van der Waals surface area contributed by atoms with E-state index in [2.05, 4.69) is 4.98 Å². The van der Waals surface area contributed by atoms with Crippen LogP contribution in [0.2, 0.25) is 0 Å². The lowest BCUT2D eigenvalue weighted by molar-refractivity contribution is -0.113. The van der Waals surface area contributed by atoms with Gasteiger partial charge in [0.2, 0.25) is 0 Å². The molecule has 136 valence electrons. The summed E-state index contributed by atoms with van der Waals surface area (Å²) in [6.07, 6.45) is 3.67. The number of pyridine rings is 1. The van der Waals surface area contributed by atoms with E-state index in [1.165, 1.54) is 6.07 Å². The molecule has 0 N–H and O–H groups in total. The molecular formula is C25H18FNO. The average molecular weight is 367 g/mol. The van der Waals surface area contributed by atoms with Crippen molar-refractivity contribution in [2.45, 2.75) is 6.42 Å². The highest BCUT2D eigenvalue weighted by Crippen LogP contribution is 2.25. The first kappa shape index (κ1) is 17.8. The van der Waals surface area contributed by atoms with E-state index in [-0.39, 0.29) is 18.0 Å². The smallest absolute Gasteiger partial charge is 0.167 e. The van der Waals surface area contributed by atoms with E-state index in [9.17, 15) is 9.18 Å². The number of hydrogen-bond acceptors (Lipinski definition) is 2. The number of fused-ring (bicyclic) bond motifs is 1. The van der Waals surface area contributed by atoms with Crippen LogP contribution in [0.5, 0.6) is 0 Å². The number of Topliss-reactive ketones (excluding diaryl/α,β-unsaturated/α-hetero) is 1. The fraction of sp³-hybridized carbons (Fsp3) is 0.0400. The van der Waals surface area contributed by atoms with Gasteiger partial charge in [0.1, 0.15) is 5.82 Å².